The van der Waals surface area contributed by atoms with E-state index in [0.717, 1.165) is 38.5 Å². The maximum absolute atomic E-state index is 13.8. The van der Waals surface area contributed by atoms with Gasteiger partial charge in [0.1, 0.15) is 11.6 Å². The van der Waals surface area contributed by atoms with Gasteiger partial charge in [-0.1, -0.05) is 36.4 Å². The average Bonchev–Trinajstić information content (AvgIpc) is 3.44. The molecule has 0 unspecified atom stereocenters. The molecule has 2 atom stereocenters. The number of benzene rings is 2. The standard InChI is InChI=1S/C22H26F2N2.ClH/c23-19-7-6-18(21(24)12-19)15-26-10-8-16(9-11-26)14-25-22-13-20(22)17-4-2-1-3-5-17;/h1-7,12,16,20,22,25H,8-11,13-15H2;1H/p-1/t20-,22+;/m0./s1. The lowest BCUT2D eigenvalue weighted by atomic mass is 9.96. The fourth-order valence-electron chi connectivity index (χ4n) is 4.05. The smallest absolute Gasteiger partial charge is 0.130 e. The quantitative estimate of drug-likeness (QED) is 0.799. The van der Waals surface area contributed by atoms with Crippen LogP contribution in [0, 0.1) is 17.6 Å². The summed E-state index contributed by atoms with van der Waals surface area (Å²) < 4.78 is 26.8. The molecule has 4 rings (SSSR count). The van der Waals surface area contributed by atoms with Gasteiger partial charge in [0, 0.05) is 30.1 Å². The maximum atomic E-state index is 13.8. The zero-order valence-corrected chi connectivity index (χ0v) is 16.1. The van der Waals surface area contributed by atoms with Crippen molar-refractivity contribution in [1.82, 2.24) is 10.2 Å². The third-order valence-electron chi connectivity index (χ3n) is 5.80. The highest BCUT2D eigenvalue weighted by Gasteiger charge is 2.38. The molecule has 2 fully saturated rings. The minimum absolute atomic E-state index is 0. The molecule has 1 aliphatic heterocycles. The van der Waals surface area contributed by atoms with Crippen molar-refractivity contribution in [3.05, 3.63) is 71.3 Å². The number of nitrogens with zero attached hydrogens (tertiary/aromatic N) is 1. The number of nitrogens with one attached hydrogen (secondary N) is 1. The molecular weight excluding hydrogens is 366 g/mol. The zero-order chi connectivity index (χ0) is 17.9. The van der Waals surface area contributed by atoms with Crippen LogP contribution in [0.25, 0.3) is 0 Å². The second-order valence-corrected chi connectivity index (χ2v) is 7.72. The Balaban J connectivity index is 0.00000210. The summed E-state index contributed by atoms with van der Waals surface area (Å²) in [5.41, 5.74) is 2.04. The van der Waals surface area contributed by atoms with Crippen LogP contribution >= 0.6 is 0 Å². The molecule has 27 heavy (non-hydrogen) atoms. The maximum Gasteiger partial charge on any atom is 0.130 e. The number of rotatable bonds is 6. The first-order chi connectivity index (χ1) is 12.7. The highest BCUT2D eigenvalue weighted by molar-refractivity contribution is 5.27. The Labute approximate surface area is 166 Å². The van der Waals surface area contributed by atoms with E-state index in [1.165, 1.54) is 18.1 Å². The fraction of sp³-hybridized carbons (Fsp3) is 0.455. The van der Waals surface area contributed by atoms with E-state index in [1.54, 1.807) is 6.07 Å². The molecule has 0 bridgehead atoms. The van der Waals surface area contributed by atoms with Crippen LogP contribution in [0.1, 0.15) is 36.3 Å². The lowest BCUT2D eigenvalue weighted by molar-refractivity contribution is -0.00000655. The molecule has 1 N–H and O–H groups in total. The van der Waals surface area contributed by atoms with Crippen molar-refractivity contribution in [2.75, 3.05) is 19.6 Å². The molecule has 2 aromatic carbocycles. The normalized spacial score (nSPS) is 23.0. The molecule has 146 valence electrons. The summed E-state index contributed by atoms with van der Waals surface area (Å²) in [5.74, 6) is 0.429. The molecule has 0 aromatic heterocycles. The Morgan fingerprint density at radius 3 is 2.44 bits per heavy atom. The molecule has 2 nitrogen and oxygen atoms in total. The topological polar surface area (TPSA) is 15.3 Å². The third kappa shape index (κ3) is 5.28. The molecule has 1 heterocycles. The van der Waals surface area contributed by atoms with E-state index in [0.29, 0.717) is 30.0 Å². The molecule has 2 aromatic rings. The predicted molar refractivity (Wildman–Crippen MR) is 99.9 cm³/mol. The van der Waals surface area contributed by atoms with E-state index in [-0.39, 0.29) is 12.4 Å². The van der Waals surface area contributed by atoms with Crippen LogP contribution < -0.4 is 17.7 Å². The van der Waals surface area contributed by atoms with E-state index in [2.05, 4.69) is 40.5 Å². The van der Waals surface area contributed by atoms with Gasteiger partial charge in [-0.3, -0.25) is 4.90 Å². The number of hydrogen-bond acceptors (Lipinski definition) is 2. The predicted octanol–water partition coefficient (Wildman–Crippen LogP) is 1.33. The van der Waals surface area contributed by atoms with Crippen molar-refractivity contribution in [2.45, 2.75) is 37.8 Å². The van der Waals surface area contributed by atoms with Crippen molar-refractivity contribution in [1.29, 1.82) is 0 Å². The third-order valence-corrected chi connectivity index (χ3v) is 5.80. The first kappa shape index (κ1) is 20.2. The monoisotopic (exact) mass is 391 g/mol. The molecule has 0 spiro atoms. The highest BCUT2D eigenvalue weighted by atomic mass is 35.5. The van der Waals surface area contributed by atoms with Gasteiger partial charge in [0.25, 0.3) is 0 Å². The summed E-state index contributed by atoms with van der Waals surface area (Å²) in [7, 11) is 0. The first-order valence-corrected chi connectivity index (χ1v) is 9.63. The average molecular weight is 392 g/mol. The minimum Gasteiger partial charge on any atom is -1.00 e. The molecule has 0 radical (unpaired) electrons. The van der Waals surface area contributed by atoms with Gasteiger partial charge in [-0.15, -0.1) is 0 Å². The lowest BCUT2D eigenvalue weighted by Gasteiger charge is -2.32. The van der Waals surface area contributed by atoms with Crippen LogP contribution in [0.2, 0.25) is 0 Å². The van der Waals surface area contributed by atoms with Crippen LogP contribution in [0.3, 0.4) is 0 Å². The Morgan fingerprint density at radius 2 is 1.74 bits per heavy atom. The van der Waals surface area contributed by atoms with Gasteiger partial charge >= 0.3 is 0 Å². The number of hydrogen-bond donors (Lipinski definition) is 1. The van der Waals surface area contributed by atoms with Crippen molar-refractivity contribution >= 4 is 0 Å². The van der Waals surface area contributed by atoms with Crippen LogP contribution in [-0.4, -0.2) is 30.6 Å². The highest BCUT2D eigenvalue weighted by Crippen LogP contribution is 2.40. The molecule has 5 heteroatoms. The minimum atomic E-state index is -0.509. The van der Waals surface area contributed by atoms with Crippen LogP contribution in [-0.2, 0) is 6.54 Å². The van der Waals surface area contributed by atoms with Crippen LogP contribution in [0.15, 0.2) is 48.5 Å². The molecular formula is C22H26ClF2N2-. The second-order valence-electron chi connectivity index (χ2n) is 7.72. The number of piperidine rings is 1. The Kier molecular flexibility index (Phi) is 6.85. The van der Waals surface area contributed by atoms with E-state index < -0.39 is 11.6 Å². The van der Waals surface area contributed by atoms with Crippen molar-refractivity contribution < 1.29 is 21.2 Å². The van der Waals surface area contributed by atoms with Gasteiger partial charge in [0.2, 0.25) is 0 Å². The summed E-state index contributed by atoms with van der Waals surface area (Å²) in [4.78, 5) is 2.27. The first-order valence-electron chi connectivity index (χ1n) is 9.63. The van der Waals surface area contributed by atoms with Gasteiger partial charge in [-0.05, 0) is 56.4 Å². The number of halogens is 3. The Hall–Kier alpha value is -1.49. The summed E-state index contributed by atoms with van der Waals surface area (Å²) in [5, 5.41) is 3.73. The number of likely N-dealkylation sites (tertiary alicyclic amines) is 1. The summed E-state index contributed by atoms with van der Waals surface area (Å²) in [6.07, 6.45) is 3.52. The molecule has 1 saturated carbocycles. The van der Waals surface area contributed by atoms with Gasteiger partial charge < -0.3 is 17.7 Å². The Morgan fingerprint density at radius 1 is 1.00 bits per heavy atom. The van der Waals surface area contributed by atoms with Crippen molar-refractivity contribution in [3.63, 3.8) is 0 Å². The van der Waals surface area contributed by atoms with E-state index >= 15 is 0 Å². The van der Waals surface area contributed by atoms with Crippen LogP contribution in [0.4, 0.5) is 8.78 Å². The lowest BCUT2D eigenvalue weighted by Crippen LogP contribution is -3.00. The zero-order valence-electron chi connectivity index (χ0n) is 15.4. The molecule has 1 aliphatic carbocycles. The van der Waals surface area contributed by atoms with E-state index in [4.69, 9.17) is 0 Å². The largest absolute Gasteiger partial charge is 1.00 e. The summed E-state index contributed by atoms with van der Waals surface area (Å²) >= 11 is 0. The van der Waals surface area contributed by atoms with E-state index in [1.807, 2.05) is 0 Å². The summed E-state index contributed by atoms with van der Waals surface area (Å²) in [6.45, 7) is 3.61. The van der Waals surface area contributed by atoms with Gasteiger partial charge in [-0.2, -0.15) is 0 Å². The van der Waals surface area contributed by atoms with Crippen LogP contribution in [0.5, 0.6) is 0 Å². The molecule has 1 saturated heterocycles. The molecule has 0 amide bonds. The van der Waals surface area contributed by atoms with Gasteiger partial charge in [0.05, 0.1) is 0 Å². The summed E-state index contributed by atoms with van der Waals surface area (Å²) in [6, 6.07) is 15.3. The van der Waals surface area contributed by atoms with Crippen molar-refractivity contribution in [3.8, 4) is 0 Å². The van der Waals surface area contributed by atoms with Gasteiger partial charge in [0.15, 0.2) is 0 Å². The van der Waals surface area contributed by atoms with Crippen molar-refractivity contribution in [2.24, 2.45) is 5.92 Å². The second kappa shape index (κ2) is 9.13. The fourth-order valence-corrected chi connectivity index (χ4v) is 4.05. The van der Waals surface area contributed by atoms with E-state index in [9.17, 15) is 8.78 Å². The van der Waals surface area contributed by atoms with Gasteiger partial charge in [-0.25, -0.2) is 8.78 Å². The Bertz CT molecular complexity index is 732. The molecule has 2 aliphatic rings. The SMILES string of the molecule is Fc1ccc(CN2CCC(CN[C@@H]3C[C@H]3c3ccccc3)CC2)c(F)c1.[Cl-].